The number of ether oxygens (including phenoxy) is 1. The van der Waals surface area contributed by atoms with Gasteiger partial charge in [-0.05, 0) is 42.8 Å². The Balaban J connectivity index is 2.48. The van der Waals surface area contributed by atoms with Crippen molar-refractivity contribution < 1.29 is 4.74 Å². The fraction of sp³-hybridized carbons (Fsp3) is 0.500. The Hall–Kier alpha value is -1.29. The van der Waals surface area contributed by atoms with Crippen LogP contribution in [0.2, 0.25) is 0 Å². The van der Waals surface area contributed by atoms with Crippen molar-refractivity contribution >= 4 is 17.3 Å². The third-order valence-electron chi connectivity index (χ3n) is 2.63. The van der Waals surface area contributed by atoms with Gasteiger partial charge in [-0.15, -0.1) is 0 Å². The van der Waals surface area contributed by atoms with Crippen LogP contribution in [0, 0.1) is 5.92 Å². The number of benzene rings is 1. The van der Waals surface area contributed by atoms with Crippen molar-refractivity contribution in [3.8, 4) is 5.75 Å². The quantitative estimate of drug-likeness (QED) is 0.803. The molecule has 0 radical (unpaired) electrons. The molecule has 1 rings (SSSR count). The molecule has 1 aromatic rings. The van der Waals surface area contributed by atoms with Crippen molar-refractivity contribution in [2.75, 3.05) is 13.7 Å². The molecule has 0 bridgehead atoms. The van der Waals surface area contributed by atoms with Gasteiger partial charge in [-0.2, -0.15) is 0 Å². The average molecular weight is 266 g/mol. The smallest absolute Gasteiger partial charge is 0.166 e. The van der Waals surface area contributed by atoms with Crippen molar-refractivity contribution in [3.63, 3.8) is 0 Å². The topological polar surface area (TPSA) is 33.3 Å². The average Bonchev–Trinajstić information content (AvgIpc) is 2.36. The second kappa shape index (κ2) is 7.21. The van der Waals surface area contributed by atoms with E-state index in [0.717, 1.165) is 12.3 Å². The van der Waals surface area contributed by atoms with Gasteiger partial charge in [0.1, 0.15) is 5.75 Å². The molecule has 0 aliphatic heterocycles. The first-order valence-electron chi connectivity index (χ1n) is 6.21. The second-order valence-corrected chi connectivity index (χ2v) is 5.15. The summed E-state index contributed by atoms with van der Waals surface area (Å²) >= 11 is 5.25. The van der Waals surface area contributed by atoms with E-state index in [0.29, 0.717) is 11.0 Å². The maximum atomic E-state index is 5.25. The lowest BCUT2D eigenvalue weighted by Gasteiger charge is -2.18. The first kappa shape index (κ1) is 14.8. The van der Waals surface area contributed by atoms with E-state index < -0.39 is 0 Å². The van der Waals surface area contributed by atoms with E-state index in [1.54, 1.807) is 7.11 Å². The standard InChI is InChI=1S/C14H22N2OS/c1-10(2)9-15-14(18)16-11(3)12-5-7-13(17-4)8-6-12/h5-8,10-11H,9H2,1-4H3,(H2,15,16,18)/t11-/m1/s1. The number of hydrogen-bond donors (Lipinski definition) is 2. The highest BCUT2D eigenvalue weighted by atomic mass is 32.1. The molecule has 1 aromatic carbocycles. The fourth-order valence-corrected chi connectivity index (χ4v) is 1.78. The Kier molecular flexibility index (Phi) is 5.92. The van der Waals surface area contributed by atoms with Gasteiger partial charge in [0.05, 0.1) is 13.2 Å². The number of methoxy groups -OCH3 is 1. The Morgan fingerprint density at radius 2 is 1.83 bits per heavy atom. The van der Waals surface area contributed by atoms with Gasteiger partial charge < -0.3 is 15.4 Å². The molecule has 0 fully saturated rings. The molecule has 0 aliphatic carbocycles. The molecule has 18 heavy (non-hydrogen) atoms. The minimum absolute atomic E-state index is 0.183. The lowest BCUT2D eigenvalue weighted by Crippen LogP contribution is -2.38. The molecule has 0 aliphatic rings. The Morgan fingerprint density at radius 1 is 1.22 bits per heavy atom. The summed E-state index contributed by atoms with van der Waals surface area (Å²) in [5, 5.41) is 7.17. The molecule has 100 valence electrons. The second-order valence-electron chi connectivity index (χ2n) is 4.74. The predicted octanol–water partition coefficient (Wildman–Crippen LogP) is 2.88. The van der Waals surface area contributed by atoms with E-state index in [9.17, 15) is 0 Å². The van der Waals surface area contributed by atoms with Gasteiger partial charge in [-0.1, -0.05) is 26.0 Å². The minimum atomic E-state index is 0.183. The molecule has 0 heterocycles. The van der Waals surface area contributed by atoms with Gasteiger partial charge in [0.15, 0.2) is 5.11 Å². The van der Waals surface area contributed by atoms with Crippen molar-refractivity contribution in [2.24, 2.45) is 5.92 Å². The third-order valence-corrected chi connectivity index (χ3v) is 2.90. The summed E-state index contributed by atoms with van der Waals surface area (Å²) in [6.45, 7) is 7.29. The fourth-order valence-electron chi connectivity index (χ4n) is 1.52. The molecule has 0 saturated heterocycles. The van der Waals surface area contributed by atoms with Gasteiger partial charge >= 0.3 is 0 Å². The van der Waals surface area contributed by atoms with Crippen molar-refractivity contribution in [1.29, 1.82) is 0 Å². The molecular formula is C14H22N2OS. The molecule has 2 N–H and O–H groups in total. The van der Waals surface area contributed by atoms with Crippen LogP contribution < -0.4 is 15.4 Å². The van der Waals surface area contributed by atoms with Crippen LogP contribution in [0.4, 0.5) is 0 Å². The van der Waals surface area contributed by atoms with E-state index in [2.05, 4.69) is 31.4 Å². The minimum Gasteiger partial charge on any atom is -0.497 e. The lowest BCUT2D eigenvalue weighted by molar-refractivity contribution is 0.414. The molecule has 0 unspecified atom stereocenters. The van der Waals surface area contributed by atoms with Crippen LogP contribution in [0.1, 0.15) is 32.4 Å². The number of rotatable bonds is 5. The summed E-state index contributed by atoms with van der Waals surface area (Å²) in [4.78, 5) is 0. The molecule has 0 saturated carbocycles. The summed E-state index contributed by atoms with van der Waals surface area (Å²) < 4.78 is 5.14. The molecular weight excluding hydrogens is 244 g/mol. The van der Waals surface area contributed by atoms with Gasteiger partial charge in [0.25, 0.3) is 0 Å². The van der Waals surface area contributed by atoms with E-state index in [-0.39, 0.29) is 6.04 Å². The molecule has 3 nitrogen and oxygen atoms in total. The summed E-state index contributed by atoms with van der Waals surface area (Å²) in [5.74, 6) is 1.45. The molecule has 0 aromatic heterocycles. The van der Waals surface area contributed by atoms with Crippen LogP contribution in [0.15, 0.2) is 24.3 Å². The van der Waals surface area contributed by atoms with E-state index in [4.69, 9.17) is 17.0 Å². The third kappa shape index (κ3) is 4.92. The number of thiocarbonyl (C=S) groups is 1. The van der Waals surface area contributed by atoms with Crippen molar-refractivity contribution in [2.45, 2.75) is 26.8 Å². The van der Waals surface area contributed by atoms with Crippen LogP contribution in [0.3, 0.4) is 0 Å². The number of nitrogens with one attached hydrogen (secondary N) is 2. The largest absolute Gasteiger partial charge is 0.497 e. The van der Waals surface area contributed by atoms with E-state index >= 15 is 0 Å². The molecule has 1 atom stereocenters. The first-order chi connectivity index (χ1) is 8.52. The Bertz CT molecular complexity index is 376. The normalized spacial score (nSPS) is 12.1. The lowest BCUT2D eigenvalue weighted by atomic mass is 10.1. The summed E-state index contributed by atoms with van der Waals surface area (Å²) in [6, 6.07) is 8.18. The van der Waals surface area contributed by atoms with Crippen LogP contribution in [-0.2, 0) is 0 Å². The zero-order valence-electron chi connectivity index (χ0n) is 11.5. The van der Waals surface area contributed by atoms with Crippen LogP contribution in [0.5, 0.6) is 5.75 Å². The van der Waals surface area contributed by atoms with E-state index in [1.165, 1.54) is 5.56 Å². The SMILES string of the molecule is COc1ccc([C@@H](C)NC(=S)NCC(C)C)cc1. The molecule has 4 heteroatoms. The maximum absolute atomic E-state index is 5.25. The van der Waals surface area contributed by atoms with Crippen LogP contribution >= 0.6 is 12.2 Å². The highest BCUT2D eigenvalue weighted by Crippen LogP contribution is 2.16. The summed E-state index contributed by atoms with van der Waals surface area (Å²) in [6.07, 6.45) is 0. The first-order valence-corrected chi connectivity index (χ1v) is 6.62. The van der Waals surface area contributed by atoms with Crippen LogP contribution in [0.25, 0.3) is 0 Å². The van der Waals surface area contributed by atoms with Crippen molar-refractivity contribution in [1.82, 2.24) is 10.6 Å². The molecule has 0 spiro atoms. The zero-order chi connectivity index (χ0) is 13.5. The number of hydrogen-bond acceptors (Lipinski definition) is 2. The van der Waals surface area contributed by atoms with Crippen LogP contribution in [-0.4, -0.2) is 18.8 Å². The summed E-state index contributed by atoms with van der Waals surface area (Å²) in [7, 11) is 1.67. The predicted molar refractivity (Wildman–Crippen MR) is 80.0 cm³/mol. The van der Waals surface area contributed by atoms with Gasteiger partial charge in [0, 0.05) is 6.54 Å². The van der Waals surface area contributed by atoms with Gasteiger partial charge in [-0.25, -0.2) is 0 Å². The highest BCUT2D eigenvalue weighted by Gasteiger charge is 2.07. The van der Waals surface area contributed by atoms with Crippen molar-refractivity contribution in [3.05, 3.63) is 29.8 Å². The Labute approximate surface area is 115 Å². The van der Waals surface area contributed by atoms with E-state index in [1.807, 2.05) is 24.3 Å². The zero-order valence-corrected chi connectivity index (χ0v) is 12.3. The maximum Gasteiger partial charge on any atom is 0.166 e. The monoisotopic (exact) mass is 266 g/mol. The van der Waals surface area contributed by atoms with Gasteiger partial charge in [0.2, 0.25) is 0 Å². The van der Waals surface area contributed by atoms with Gasteiger partial charge in [-0.3, -0.25) is 0 Å². The molecule has 0 amide bonds. The Morgan fingerprint density at radius 3 is 2.33 bits per heavy atom. The summed E-state index contributed by atoms with van der Waals surface area (Å²) in [5.41, 5.74) is 1.18. The highest BCUT2D eigenvalue weighted by molar-refractivity contribution is 7.80.